The first-order valence-electron chi connectivity index (χ1n) is 6.28. The second kappa shape index (κ2) is 6.43. The van der Waals surface area contributed by atoms with Crippen LogP contribution in [0, 0.1) is 0 Å². The predicted molar refractivity (Wildman–Crippen MR) is 89.1 cm³/mol. The Balaban J connectivity index is 1.74. The molecule has 0 radical (unpaired) electrons. The Hall–Kier alpha value is -1.62. The molecular weight excluding hydrogens is 325 g/mol. The minimum Gasteiger partial charge on any atom is -0.377 e. The molecule has 106 valence electrons. The van der Waals surface area contributed by atoms with E-state index in [1.54, 1.807) is 29.7 Å². The Kier molecular flexibility index (Phi) is 4.39. The fourth-order valence-corrected chi connectivity index (χ4v) is 3.17. The highest BCUT2D eigenvalue weighted by atomic mass is 35.5. The molecule has 0 spiro atoms. The minimum absolute atomic E-state index is 0.562. The quantitative estimate of drug-likeness (QED) is 0.718. The van der Waals surface area contributed by atoms with Crippen molar-refractivity contribution in [1.29, 1.82) is 0 Å². The molecule has 0 unspecified atom stereocenters. The number of halogens is 2. The molecule has 2 aromatic heterocycles. The lowest BCUT2D eigenvalue weighted by Crippen LogP contribution is -2.01. The molecule has 3 nitrogen and oxygen atoms in total. The summed E-state index contributed by atoms with van der Waals surface area (Å²) in [5.41, 5.74) is 2.54. The molecule has 0 aliphatic rings. The smallest absolute Gasteiger partial charge is 0.142 e. The number of nitrogens with zero attached hydrogens (tertiary/aromatic N) is 2. The summed E-state index contributed by atoms with van der Waals surface area (Å²) in [6.45, 7) is 0.562. The second-order valence-corrected chi connectivity index (χ2v) is 5.98. The molecule has 0 bridgehead atoms. The van der Waals surface area contributed by atoms with Crippen LogP contribution in [-0.2, 0) is 6.54 Å². The van der Waals surface area contributed by atoms with E-state index < -0.39 is 0 Å². The van der Waals surface area contributed by atoms with Gasteiger partial charge >= 0.3 is 0 Å². The molecule has 6 heteroatoms. The van der Waals surface area contributed by atoms with E-state index in [0.29, 0.717) is 16.6 Å². The molecule has 0 aliphatic heterocycles. The molecule has 3 aromatic rings. The van der Waals surface area contributed by atoms with Crippen LogP contribution in [0.1, 0.15) is 5.69 Å². The van der Waals surface area contributed by atoms with Gasteiger partial charge in [0.15, 0.2) is 0 Å². The normalized spacial score (nSPS) is 10.6. The number of para-hydroxylation sites is 1. The van der Waals surface area contributed by atoms with Gasteiger partial charge in [-0.1, -0.05) is 35.3 Å². The molecule has 3 rings (SSSR count). The van der Waals surface area contributed by atoms with Gasteiger partial charge in [0.1, 0.15) is 5.01 Å². The Morgan fingerprint density at radius 3 is 2.57 bits per heavy atom. The van der Waals surface area contributed by atoms with Crippen LogP contribution in [0.2, 0.25) is 10.0 Å². The monoisotopic (exact) mass is 335 g/mol. The third-order valence-electron chi connectivity index (χ3n) is 2.84. The van der Waals surface area contributed by atoms with E-state index in [4.69, 9.17) is 23.2 Å². The van der Waals surface area contributed by atoms with Gasteiger partial charge in [-0.25, -0.2) is 4.98 Å². The molecule has 1 N–H and O–H groups in total. The van der Waals surface area contributed by atoms with Gasteiger partial charge in [0, 0.05) is 11.6 Å². The highest BCUT2D eigenvalue weighted by molar-refractivity contribution is 7.13. The van der Waals surface area contributed by atoms with Crippen molar-refractivity contribution in [3.63, 3.8) is 0 Å². The fourth-order valence-electron chi connectivity index (χ4n) is 1.84. The maximum absolute atomic E-state index is 6.12. The van der Waals surface area contributed by atoms with Crippen LogP contribution < -0.4 is 5.32 Å². The van der Waals surface area contributed by atoms with Gasteiger partial charge < -0.3 is 5.32 Å². The highest BCUT2D eigenvalue weighted by Crippen LogP contribution is 2.30. The predicted octanol–water partition coefficient (Wildman–Crippen LogP) is 5.12. The third kappa shape index (κ3) is 3.35. The zero-order chi connectivity index (χ0) is 14.7. The lowest BCUT2D eigenvalue weighted by Gasteiger charge is -2.08. The first-order valence-corrected chi connectivity index (χ1v) is 7.91. The van der Waals surface area contributed by atoms with Crippen LogP contribution in [0.5, 0.6) is 0 Å². The molecule has 21 heavy (non-hydrogen) atoms. The fraction of sp³-hybridized carbons (Fsp3) is 0.0667. The SMILES string of the molecule is Clc1cccc(Cl)c1NCc1csc(-c2ccccn2)n1. The Morgan fingerprint density at radius 1 is 1.05 bits per heavy atom. The molecule has 0 fully saturated rings. The van der Waals surface area contributed by atoms with E-state index in [1.165, 1.54) is 0 Å². The number of aromatic nitrogens is 2. The highest BCUT2D eigenvalue weighted by Gasteiger charge is 2.08. The summed E-state index contributed by atoms with van der Waals surface area (Å²) in [7, 11) is 0. The van der Waals surface area contributed by atoms with Crippen molar-refractivity contribution < 1.29 is 0 Å². The number of thiazole rings is 1. The average Bonchev–Trinajstić information content (AvgIpc) is 2.97. The van der Waals surface area contributed by atoms with Crippen LogP contribution in [0.15, 0.2) is 48.0 Å². The van der Waals surface area contributed by atoms with Crippen molar-refractivity contribution in [3.05, 3.63) is 63.7 Å². The summed E-state index contributed by atoms with van der Waals surface area (Å²) in [6, 6.07) is 11.2. The number of nitrogens with one attached hydrogen (secondary N) is 1. The lowest BCUT2D eigenvalue weighted by molar-refractivity contribution is 1.07. The van der Waals surface area contributed by atoms with Crippen LogP contribution in [-0.4, -0.2) is 9.97 Å². The van der Waals surface area contributed by atoms with E-state index in [9.17, 15) is 0 Å². The second-order valence-electron chi connectivity index (χ2n) is 4.31. The van der Waals surface area contributed by atoms with Crippen LogP contribution >= 0.6 is 34.5 Å². The van der Waals surface area contributed by atoms with Crippen molar-refractivity contribution in [1.82, 2.24) is 9.97 Å². The summed E-state index contributed by atoms with van der Waals surface area (Å²) in [5.74, 6) is 0. The third-order valence-corrected chi connectivity index (χ3v) is 4.39. The van der Waals surface area contributed by atoms with Crippen molar-refractivity contribution in [2.45, 2.75) is 6.54 Å². The van der Waals surface area contributed by atoms with Crippen LogP contribution in [0.4, 0.5) is 5.69 Å². The van der Waals surface area contributed by atoms with Crippen molar-refractivity contribution in [3.8, 4) is 10.7 Å². The summed E-state index contributed by atoms with van der Waals surface area (Å²) in [4.78, 5) is 8.86. The van der Waals surface area contributed by atoms with Crippen LogP contribution in [0.3, 0.4) is 0 Å². The van der Waals surface area contributed by atoms with Gasteiger partial charge in [0.05, 0.1) is 33.7 Å². The number of hydrogen-bond acceptors (Lipinski definition) is 4. The van der Waals surface area contributed by atoms with E-state index in [1.807, 2.05) is 29.6 Å². The first kappa shape index (κ1) is 14.3. The largest absolute Gasteiger partial charge is 0.377 e. The topological polar surface area (TPSA) is 37.8 Å². The lowest BCUT2D eigenvalue weighted by atomic mass is 10.3. The zero-order valence-electron chi connectivity index (χ0n) is 10.9. The molecule has 0 aliphatic carbocycles. The van der Waals surface area contributed by atoms with Gasteiger partial charge in [-0.3, -0.25) is 4.98 Å². The van der Waals surface area contributed by atoms with Crippen molar-refractivity contribution >= 4 is 40.2 Å². The van der Waals surface area contributed by atoms with E-state index in [-0.39, 0.29) is 0 Å². The molecule has 0 saturated heterocycles. The van der Waals surface area contributed by atoms with E-state index in [2.05, 4.69) is 15.3 Å². The first-order chi connectivity index (χ1) is 10.2. The number of hydrogen-bond donors (Lipinski definition) is 1. The number of benzene rings is 1. The van der Waals surface area contributed by atoms with E-state index >= 15 is 0 Å². The maximum Gasteiger partial charge on any atom is 0.142 e. The summed E-state index contributed by atoms with van der Waals surface area (Å²) >= 11 is 13.8. The molecule has 0 saturated carbocycles. The molecular formula is C15H11Cl2N3S. The van der Waals surface area contributed by atoms with Gasteiger partial charge in [0.2, 0.25) is 0 Å². The Bertz CT molecular complexity index is 723. The van der Waals surface area contributed by atoms with E-state index in [0.717, 1.165) is 22.1 Å². The summed E-state index contributed by atoms with van der Waals surface area (Å²) in [6.07, 6.45) is 1.76. The number of anilines is 1. The van der Waals surface area contributed by atoms with Crippen molar-refractivity contribution in [2.75, 3.05) is 5.32 Å². The minimum atomic E-state index is 0.562. The molecule has 1 aromatic carbocycles. The number of pyridine rings is 1. The standard InChI is InChI=1S/C15H11Cl2N3S/c16-11-4-3-5-12(17)14(11)19-8-10-9-21-15(20-10)13-6-1-2-7-18-13/h1-7,9,19H,8H2. The summed E-state index contributed by atoms with van der Waals surface area (Å²) in [5, 5.41) is 7.32. The van der Waals surface area contributed by atoms with Crippen LogP contribution in [0.25, 0.3) is 10.7 Å². The van der Waals surface area contributed by atoms with Crippen molar-refractivity contribution in [2.24, 2.45) is 0 Å². The van der Waals surface area contributed by atoms with Gasteiger partial charge in [-0.05, 0) is 24.3 Å². The van der Waals surface area contributed by atoms with Gasteiger partial charge in [0.25, 0.3) is 0 Å². The Morgan fingerprint density at radius 2 is 1.86 bits per heavy atom. The Labute approximate surface area is 136 Å². The summed E-state index contributed by atoms with van der Waals surface area (Å²) < 4.78 is 0. The average molecular weight is 336 g/mol. The van der Waals surface area contributed by atoms with Gasteiger partial charge in [-0.2, -0.15) is 0 Å². The maximum atomic E-state index is 6.12. The molecule has 0 amide bonds. The number of rotatable bonds is 4. The molecule has 0 atom stereocenters. The van der Waals surface area contributed by atoms with Gasteiger partial charge in [-0.15, -0.1) is 11.3 Å². The molecule has 2 heterocycles. The zero-order valence-corrected chi connectivity index (χ0v) is 13.2.